The predicted octanol–water partition coefficient (Wildman–Crippen LogP) is 8.57. The Morgan fingerprint density at radius 1 is 1.06 bits per heavy atom. The second-order valence-corrected chi connectivity index (χ2v) is 21.9. The van der Waals surface area contributed by atoms with Gasteiger partial charge in [-0.3, -0.25) is 4.90 Å². The van der Waals surface area contributed by atoms with Crippen LogP contribution in [0.1, 0.15) is 85.0 Å². The lowest BCUT2D eigenvalue weighted by molar-refractivity contribution is 0.0203. The maximum atomic E-state index is 13.2. The van der Waals surface area contributed by atoms with Crippen LogP contribution in [0.2, 0.25) is 25.7 Å². The highest BCUT2D eigenvalue weighted by atomic mass is 28.3. The third-order valence-electron chi connectivity index (χ3n) is 8.13. The van der Waals surface area contributed by atoms with Gasteiger partial charge in [0.15, 0.2) is 5.76 Å². The number of imidazole rings is 2. The van der Waals surface area contributed by atoms with Crippen molar-refractivity contribution < 1.29 is 28.2 Å². The number of benzene rings is 1. The van der Waals surface area contributed by atoms with Crippen molar-refractivity contribution in [3.8, 4) is 34.2 Å². The van der Waals surface area contributed by atoms with Crippen molar-refractivity contribution in [1.29, 1.82) is 0 Å². The van der Waals surface area contributed by atoms with Crippen molar-refractivity contribution in [2.45, 2.75) is 117 Å². The molecule has 1 fully saturated rings. The SMILES string of the molecule is C[C@H](NC(=O)OC(C)(C)C)c1ncc(-c2cccc(-c3cnc(-c4cn(COCC[Si](C)(C)C)c([C@@H]5CCCN5C(=O)OC(C)(C)C)n4)o3)c2)[nH]1. The third kappa shape index (κ3) is 10.3. The fraction of sp³-hybridized carbons (Fsp3) is 0.541. The molecular weight excluding hydrogens is 667 g/mol. The molecule has 14 heteroatoms. The molecule has 1 saturated heterocycles. The zero-order chi connectivity index (χ0) is 37.1. The Labute approximate surface area is 301 Å². The van der Waals surface area contributed by atoms with Gasteiger partial charge in [0.1, 0.15) is 35.3 Å². The molecule has 3 aromatic heterocycles. The van der Waals surface area contributed by atoms with Crippen molar-refractivity contribution >= 4 is 20.3 Å². The Kier molecular flexibility index (Phi) is 11.2. The normalized spacial score (nSPS) is 16.0. The second-order valence-electron chi connectivity index (χ2n) is 16.3. The molecule has 51 heavy (non-hydrogen) atoms. The number of oxazole rings is 1. The standard InChI is InChI=1S/C37H53N7O6Si/c1-24(40-34(45)49-36(2,3)4)31-38-20-27(41-31)25-13-11-14-26(19-25)30-21-39-33(48-30)28-22-43(23-47-17-18-51(8,9)10)32(42-28)29-15-12-16-44(29)35(46)50-37(5,6)7/h11,13-14,19-22,24,29H,12,15-18,23H2,1-10H3,(H,38,41)(H,40,45)/t24-,29-/m0/s1. The highest BCUT2D eigenvalue weighted by Gasteiger charge is 2.36. The smallest absolute Gasteiger partial charge is 0.410 e. The molecule has 0 bridgehead atoms. The molecule has 276 valence electrons. The van der Waals surface area contributed by atoms with Crippen molar-refractivity contribution in [3.05, 3.63) is 54.5 Å². The molecule has 2 amide bonds. The Balaban J connectivity index is 1.36. The zero-order valence-electron chi connectivity index (χ0n) is 31.6. The maximum absolute atomic E-state index is 13.2. The van der Waals surface area contributed by atoms with Crippen LogP contribution in [0.25, 0.3) is 34.2 Å². The van der Waals surface area contributed by atoms with Crippen molar-refractivity contribution in [2.75, 3.05) is 13.2 Å². The molecule has 0 aliphatic carbocycles. The number of amides is 2. The lowest BCUT2D eigenvalue weighted by Gasteiger charge is -2.28. The summed E-state index contributed by atoms with van der Waals surface area (Å²) in [5.74, 6) is 2.26. The Bertz CT molecular complexity index is 1810. The molecule has 1 aliphatic heterocycles. The molecule has 0 radical (unpaired) electrons. The highest BCUT2D eigenvalue weighted by Crippen LogP contribution is 2.35. The van der Waals surface area contributed by atoms with E-state index in [1.165, 1.54) is 0 Å². The van der Waals surface area contributed by atoms with E-state index in [1.807, 2.05) is 83.5 Å². The van der Waals surface area contributed by atoms with Crippen LogP contribution in [0.4, 0.5) is 9.59 Å². The number of alkyl carbamates (subject to hydrolysis) is 1. The predicted molar refractivity (Wildman–Crippen MR) is 198 cm³/mol. The number of carbonyl (C=O) groups is 2. The van der Waals surface area contributed by atoms with Crippen LogP contribution in [0.5, 0.6) is 0 Å². The van der Waals surface area contributed by atoms with Gasteiger partial charge in [0.2, 0.25) is 5.89 Å². The van der Waals surface area contributed by atoms with E-state index in [2.05, 4.69) is 39.9 Å². The molecule has 4 aromatic rings. The topological polar surface area (TPSA) is 150 Å². The number of H-pyrrole nitrogens is 1. The minimum Gasteiger partial charge on any atom is -0.444 e. The molecule has 2 atom stereocenters. The average Bonchev–Trinajstić information content (AvgIpc) is 3.83. The van der Waals surface area contributed by atoms with Crippen molar-refractivity contribution in [1.82, 2.24) is 34.7 Å². The number of nitrogens with zero attached hydrogens (tertiary/aromatic N) is 5. The van der Waals surface area contributed by atoms with Gasteiger partial charge in [-0.05, 0) is 73.4 Å². The van der Waals surface area contributed by atoms with E-state index in [0.717, 1.165) is 35.7 Å². The lowest BCUT2D eigenvalue weighted by Crippen LogP contribution is -2.37. The summed E-state index contributed by atoms with van der Waals surface area (Å²) in [6.07, 6.45) is 6.06. The van der Waals surface area contributed by atoms with Gasteiger partial charge < -0.3 is 33.5 Å². The number of likely N-dealkylation sites (tertiary alicyclic amines) is 1. The molecule has 0 unspecified atom stereocenters. The molecule has 0 spiro atoms. The first kappa shape index (κ1) is 37.8. The summed E-state index contributed by atoms with van der Waals surface area (Å²) in [7, 11) is -1.27. The molecule has 1 aromatic carbocycles. The number of aromatic nitrogens is 5. The van der Waals surface area contributed by atoms with Gasteiger partial charge in [-0.15, -0.1) is 0 Å². The molecule has 2 N–H and O–H groups in total. The Hall–Kier alpha value is -4.43. The first-order valence-electron chi connectivity index (χ1n) is 17.6. The summed E-state index contributed by atoms with van der Waals surface area (Å²) in [5, 5.41) is 2.82. The first-order chi connectivity index (χ1) is 23.8. The number of aromatic amines is 1. The van der Waals surface area contributed by atoms with Gasteiger partial charge in [0, 0.05) is 38.5 Å². The lowest BCUT2D eigenvalue weighted by atomic mass is 10.1. The minimum atomic E-state index is -1.27. The number of hydrogen-bond acceptors (Lipinski definition) is 9. The summed E-state index contributed by atoms with van der Waals surface area (Å²) in [6.45, 7) is 21.4. The van der Waals surface area contributed by atoms with Gasteiger partial charge in [-0.1, -0.05) is 37.8 Å². The number of rotatable bonds is 11. The van der Waals surface area contributed by atoms with Crippen LogP contribution < -0.4 is 5.32 Å². The quantitative estimate of drug-likeness (QED) is 0.115. The van der Waals surface area contributed by atoms with Crippen molar-refractivity contribution in [2.24, 2.45) is 0 Å². The molecule has 4 heterocycles. The van der Waals surface area contributed by atoms with Crippen LogP contribution in [-0.2, 0) is 20.9 Å². The van der Waals surface area contributed by atoms with Crippen LogP contribution >= 0.6 is 0 Å². The summed E-state index contributed by atoms with van der Waals surface area (Å²) >= 11 is 0. The van der Waals surface area contributed by atoms with E-state index in [4.69, 9.17) is 23.6 Å². The number of nitrogens with one attached hydrogen (secondary N) is 2. The molecule has 1 aliphatic rings. The fourth-order valence-corrected chi connectivity index (χ4v) is 6.40. The van der Waals surface area contributed by atoms with E-state index >= 15 is 0 Å². The molecule has 5 rings (SSSR count). The van der Waals surface area contributed by atoms with E-state index in [1.54, 1.807) is 17.3 Å². The van der Waals surface area contributed by atoms with E-state index in [-0.39, 0.29) is 18.2 Å². The molecule has 0 saturated carbocycles. The monoisotopic (exact) mass is 719 g/mol. The maximum Gasteiger partial charge on any atom is 0.410 e. The summed E-state index contributed by atoms with van der Waals surface area (Å²) in [5.41, 5.74) is 1.85. The van der Waals surface area contributed by atoms with Crippen molar-refractivity contribution in [3.63, 3.8) is 0 Å². The number of carbonyl (C=O) groups excluding carboxylic acids is 2. The largest absolute Gasteiger partial charge is 0.444 e. The Morgan fingerprint density at radius 3 is 2.49 bits per heavy atom. The summed E-state index contributed by atoms with van der Waals surface area (Å²) in [6, 6.07) is 8.24. The van der Waals surface area contributed by atoms with Gasteiger partial charge in [-0.2, -0.15) is 0 Å². The first-order valence-corrected chi connectivity index (χ1v) is 21.3. The molecular formula is C37H53N7O6Si. The fourth-order valence-electron chi connectivity index (χ4n) is 5.64. The van der Waals surface area contributed by atoms with Crippen LogP contribution in [-0.4, -0.2) is 74.0 Å². The Morgan fingerprint density at radius 2 is 1.78 bits per heavy atom. The highest BCUT2D eigenvalue weighted by molar-refractivity contribution is 6.76. The van der Waals surface area contributed by atoms with Crippen LogP contribution in [0.15, 0.2) is 47.3 Å². The van der Waals surface area contributed by atoms with Gasteiger partial charge in [-0.25, -0.2) is 24.5 Å². The zero-order valence-corrected chi connectivity index (χ0v) is 32.6. The van der Waals surface area contributed by atoms with Crippen LogP contribution in [0.3, 0.4) is 0 Å². The summed E-state index contributed by atoms with van der Waals surface area (Å²) < 4.78 is 25.5. The number of hydrogen-bond donors (Lipinski definition) is 2. The molecule has 13 nitrogen and oxygen atoms in total. The van der Waals surface area contributed by atoms with Gasteiger partial charge in [0.05, 0.1) is 30.2 Å². The van der Waals surface area contributed by atoms with E-state index in [9.17, 15) is 9.59 Å². The average molecular weight is 720 g/mol. The minimum absolute atomic E-state index is 0.262. The van der Waals surface area contributed by atoms with E-state index in [0.29, 0.717) is 48.9 Å². The van der Waals surface area contributed by atoms with Gasteiger partial charge >= 0.3 is 12.2 Å². The van der Waals surface area contributed by atoms with E-state index < -0.39 is 25.4 Å². The second kappa shape index (κ2) is 15.0. The van der Waals surface area contributed by atoms with Crippen LogP contribution in [0, 0.1) is 0 Å². The summed E-state index contributed by atoms with van der Waals surface area (Å²) in [4.78, 5) is 44.6. The number of ether oxygens (including phenoxy) is 3. The third-order valence-corrected chi connectivity index (χ3v) is 9.84. The van der Waals surface area contributed by atoms with Gasteiger partial charge in [0.25, 0.3) is 0 Å².